The number of hydrogen-bond donors (Lipinski definition) is 1. The Hall–Kier alpha value is -3.62. The molecule has 0 radical (unpaired) electrons. The monoisotopic (exact) mass is 418 g/mol. The van der Waals surface area contributed by atoms with Gasteiger partial charge in [-0.15, -0.1) is 4.73 Å². The molecular formula is C21H20F2N2O5. The maximum Gasteiger partial charge on any atom is 0.344 e. The number of benzene rings is 2. The quantitative estimate of drug-likeness (QED) is 0.567. The normalized spacial score (nSPS) is 10.8. The maximum atomic E-state index is 13.5. The molecule has 0 bridgehead atoms. The molecule has 9 heteroatoms. The first kappa shape index (κ1) is 21.1. The molecule has 2 N–H and O–H groups in total. The van der Waals surface area contributed by atoms with Crippen LogP contribution in [0.2, 0.25) is 0 Å². The zero-order valence-corrected chi connectivity index (χ0v) is 16.4. The summed E-state index contributed by atoms with van der Waals surface area (Å²) >= 11 is 0. The van der Waals surface area contributed by atoms with Crippen LogP contribution in [0.5, 0.6) is 5.88 Å². The number of carbonyl (C=O) groups is 2. The van der Waals surface area contributed by atoms with Gasteiger partial charge in [0.1, 0.15) is 30.4 Å². The van der Waals surface area contributed by atoms with Crippen LogP contribution < -0.4 is 15.3 Å². The fourth-order valence-electron chi connectivity index (χ4n) is 2.98. The summed E-state index contributed by atoms with van der Waals surface area (Å²) in [5.41, 5.74) is 6.20. The zero-order chi connectivity index (χ0) is 21.8. The van der Waals surface area contributed by atoms with Gasteiger partial charge in [0.05, 0.1) is 12.6 Å². The molecule has 0 spiro atoms. The lowest BCUT2D eigenvalue weighted by molar-refractivity contribution is 0.0578. The highest BCUT2D eigenvalue weighted by Gasteiger charge is 2.27. The molecule has 2 aromatic carbocycles. The van der Waals surface area contributed by atoms with Crippen LogP contribution in [0, 0.1) is 11.6 Å². The van der Waals surface area contributed by atoms with Crippen molar-refractivity contribution in [3.05, 3.63) is 64.7 Å². The van der Waals surface area contributed by atoms with Crippen LogP contribution in [0.1, 0.15) is 39.6 Å². The Labute approximate surface area is 170 Å². The molecule has 7 nitrogen and oxygen atoms in total. The number of nitrogens with zero attached hydrogens (tertiary/aromatic N) is 1. The van der Waals surface area contributed by atoms with Crippen molar-refractivity contribution in [1.29, 1.82) is 0 Å². The third-order valence-electron chi connectivity index (χ3n) is 4.28. The lowest BCUT2D eigenvalue weighted by Gasteiger charge is -2.13. The van der Waals surface area contributed by atoms with Crippen molar-refractivity contribution < 1.29 is 32.7 Å². The molecule has 158 valence electrons. The van der Waals surface area contributed by atoms with Crippen LogP contribution in [0.25, 0.3) is 10.9 Å². The smallest absolute Gasteiger partial charge is 0.344 e. The van der Waals surface area contributed by atoms with E-state index in [9.17, 15) is 18.4 Å². The Morgan fingerprint density at radius 3 is 2.40 bits per heavy atom. The van der Waals surface area contributed by atoms with Crippen LogP contribution in [0.4, 0.5) is 8.78 Å². The number of carbonyl (C=O) groups excluding carboxylic acids is 2. The fraction of sp³-hybridized carbons (Fsp3) is 0.238. The minimum Gasteiger partial charge on any atom is -0.471 e. The van der Waals surface area contributed by atoms with Crippen molar-refractivity contribution in [2.75, 3.05) is 13.7 Å². The molecule has 0 atom stereocenters. The Morgan fingerprint density at radius 1 is 1.10 bits per heavy atom. The van der Waals surface area contributed by atoms with Gasteiger partial charge in [0, 0.05) is 17.0 Å². The average Bonchev–Trinajstić information content (AvgIpc) is 3.01. The number of methoxy groups -OCH3 is 1. The van der Waals surface area contributed by atoms with Crippen LogP contribution in [0.15, 0.2) is 36.4 Å². The van der Waals surface area contributed by atoms with Crippen LogP contribution in [0.3, 0.4) is 0 Å². The van der Waals surface area contributed by atoms with Crippen molar-refractivity contribution >= 4 is 22.8 Å². The maximum absolute atomic E-state index is 13.5. The van der Waals surface area contributed by atoms with Gasteiger partial charge in [-0.1, -0.05) is 13.0 Å². The largest absolute Gasteiger partial charge is 0.471 e. The molecule has 1 heterocycles. The summed E-state index contributed by atoms with van der Waals surface area (Å²) in [5.74, 6) is -2.88. The molecule has 3 aromatic rings. The Balaban J connectivity index is 2.15. The molecule has 0 saturated heterocycles. The number of rotatable bonds is 8. The SMILES string of the molecule is CCCOn1c(OCc2cc(F)cc(F)c2)c(C(=O)OC)c2ccc(C(N)=O)cc21. The summed E-state index contributed by atoms with van der Waals surface area (Å²) in [4.78, 5) is 29.8. The van der Waals surface area contributed by atoms with E-state index in [1.807, 2.05) is 6.92 Å². The number of fused-ring (bicyclic) bond motifs is 1. The predicted octanol–water partition coefficient (Wildman–Crippen LogP) is 3.22. The highest BCUT2D eigenvalue weighted by Crippen LogP contribution is 2.33. The summed E-state index contributed by atoms with van der Waals surface area (Å²) in [6, 6.07) is 7.44. The topological polar surface area (TPSA) is 92.8 Å². The van der Waals surface area contributed by atoms with Gasteiger partial charge in [-0.25, -0.2) is 13.6 Å². The summed E-state index contributed by atoms with van der Waals surface area (Å²) in [7, 11) is 1.21. The van der Waals surface area contributed by atoms with E-state index in [2.05, 4.69) is 0 Å². The molecule has 0 unspecified atom stereocenters. The summed E-state index contributed by atoms with van der Waals surface area (Å²) in [6.45, 7) is 1.92. The van der Waals surface area contributed by atoms with Gasteiger partial charge >= 0.3 is 5.97 Å². The minimum atomic E-state index is -0.754. The number of esters is 1. The lowest BCUT2D eigenvalue weighted by atomic mass is 10.1. The number of amides is 1. The van der Waals surface area contributed by atoms with E-state index in [0.717, 1.165) is 18.2 Å². The van der Waals surface area contributed by atoms with Gasteiger partial charge in [-0.3, -0.25) is 4.79 Å². The zero-order valence-electron chi connectivity index (χ0n) is 16.4. The van der Waals surface area contributed by atoms with E-state index in [0.29, 0.717) is 17.3 Å². The highest BCUT2D eigenvalue weighted by atomic mass is 19.1. The molecule has 0 aliphatic heterocycles. The van der Waals surface area contributed by atoms with Gasteiger partial charge in [0.25, 0.3) is 0 Å². The van der Waals surface area contributed by atoms with Gasteiger partial charge in [-0.05, 0) is 36.2 Å². The molecular weight excluding hydrogens is 398 g/mol. The molecule has 1 aromatic heterocycles. The van der Waals surface area contributed by atoms with Gasteiger partial charge in [-0.2, -0.15) is 0 Å². The summed E-state index contributed by atoms with van der Waals surface area (Å²) < 4.78 is 38.9. The first-order valence-corrected chi connectivity index (χ1v) is 9.13. The van der Waals surface area contributed by atoms with Crippen molar-refractivity contribution in [1.82, 2.24) is 4.73 Å². The number of ether oxygens (including phenoxy) is 2. The van der Waals surface area contributed by atoms with E-state index >= 15 is 0 Å². The second-order valence-corrected chi connectivity index (χ2v) is 6.46. The van der Waals surface area contributed by atoms with E-state index < -0.39 is 23.5 Å². The van der Waals surface area contributed by atoms with Gasteiger partial charge in [0.15, 0.2) is 0 Å². The molecule has 30 heavy (non-hydrogen) atoms. The van der Waals surface area contributed by atoms with Gasteiger partial charge < -0.3 is 20.0 Å². The molecule has 1 amide bonds. The Kier molecular flexibility index (Phi) is 6.20. The first-order chi connectivity index (χ1) is 14.3. The van der Waals surface area contributed by atoms with Crippen molar-refractivity contribution in [3.8, 4) is 5.88 Å². The molecule has 0 aliphatic rings. The van der Waals surface area contributed by atoms with E-state index in [4.69, 9.17) is 20.0 Å². The van der Waals surface area contributed by atoms with Gasteiger partial charge in [0.2, 0.25) is 11.8 Å². The van der Waals surface area contributed by atoms with E-state index in [1.54, 1.807) is 0 Å². The van der Waals surface area contributed by atoms with Crippen molar-refractivity contribution in [3.63, 3.8) is 0 Å². The Morgan fingerprint density at radius 2 is 1.80 bits per heavy atom. The van der Waals surface area contributed by atoms with E-state index in [1.165, 1.54) is 30.0 Å². The van der Waals surface area contributed by atoms with Crippen molar-refractivity contribution in [2.45, 2.75) is 20.0 Å². The van der Waals surface area contributed by atoms with Crippen LogP contribution >= 0.6 is 0 Å². The molecule has 0 saturated carbocycles. The summed E-state index contributed by atoms with van der Waals surface area (Å²) in [5, 5.41) is 0.406. The molecule has 0 aliphatic carbocycles. The van der Waals surface area contributed by atoms with Crippen molar-refractivity contribution in [2.24, 2.45) is 5.73 Å². The van der Waals surface area contributed by atoms with Crippen LogP contribution in [-0.4, -0.2) is 30.3 Å². The third-order valence-corrected chi connectivity index (χ3v) is 4.28. The van der Waals surface area contributed by atoms with E-state index in [-0.39, 0.29) is 35.8 Å². The standard InChI is InChI=1S/C21H20F2N2O5/c1-3-6-30-25-17-9-13(19(24)26)4-5-16(17)18(21(27)28-2)20(25)29-11-12-7-14(22)10-15(23)8-12/h4-5,7-10H,3,6,11H2,1-2H3,(H2,24,26). The molecule has 0 fully saturated rings. The fourth-order valence-corrected chi connectivity index (χ4v) is 2.98. The number of nitrogens with two attached hydrogens (primary N) is 1. The Bertz CT molecular complexity index is 1090. The van der Waals surface area contributed by atoms with Crippen LogP contribution in [-0.2, 0) is 11.3 Å². The average molecular weight is 418 g/mol. The second kappa shape index (κ2) is 8.81. The minimum absolute atomic E-state index is 0.0170. The lowest BCUT2D eigenvalue weighted by Crippen LogP contribution is -2.16. The number of aromatic nitrogens is 1. The number of primary amides is 1. The first-order valence-electron chi connectivity index (χ1n) is 9.13. The predicted molar refractivity (Wildman–Crippen MR) is 104 cm³/mol. The highest BCUT2D eigenvalue weighted by molar-refractivity contribution is 6.08. The third kappa shape index (κ3) is 4.19. The summed E-state index contributed by atoms with van der Waals surface area (Å²) in [6.07, 6.45) is 0.650. The number of hydrogen-bond acceptors (Lipinski definition) is 5. The molecule has 3 rings (SSSR count). The number of halogens is 2. The second-order valence-electron chi connectivity index (χ2n) is 6.46.